The van der Waals surface area contributed by atoms with Gasteiger partial charge in [-0.15, -0.1) is 0 Å². The third-order valence-electron chi connectivity index (χ3n) is 3.13. The molecule has 1 N–H and O–H groups in total. The summed E-state index contributed by atoms with van der Waals surface area (Å²) in [4.78, 5) is 24.2. The van der Waals surface area contributed by atoms with Gasteiger partial charge in [0.05, 0.1) is 12.1 Å². The van der Waals surface area contributed by atoms with Gasteiger partial charge < -0.3 is 14.7 Å². The van der Waals surface area contributed by atoms with Crippen molar-refractivity contribution >= 4 is 11.9 Å². The lowest BCUT2D eigenvalue weighted by atomic mass is 10.1. The molecule has 1 aromatic carbocycles. The summed E-state index contributed by atoms with van der Waals surface area (Å²) in [6.45, 7) is 1.72. The second kappa shape index (κ2) is 6.22. The molecule has 1 amide bonds. The van der Waals surface area contributed by atoms with Crippen molar-refractivity contribution in [3.63, 3.8) is 0 Å². The smallest absolute Gasteiger partial charge is 0.335 e. The van der Waals surface area contributed by atoms with Crippen LogP contribution in [0.2, 0.25) is 0 Å². The molecule has 19 heavy (non-hydrogen) atoms. The number of piperidine rings is 1. The number of benzene rings is 1. The van der Waals surface area contributed by atoms with Crippen LogP contribution in [0.3, 0.4) is 0 Å². The van der Waals surface area contributed by atoms with E-state index in [-0.39, 0.29) is 11.5 Å². The van der Waals surface area contributed by atoms with Gasteiger partial charge in [-0.2, -0.15) is 0 Å². The number of amides is 1. The standard InChI is InChI=1S/C14H17NO4/c16-13-6-1-2-7-15(13)8-9-19-12-5-3-4-11(10-12)14(17)18/h3-5,10H,1-2,6-9H2,(H,17,18). The van der Waals surface area contributed by atoms with Gasteiger partial charge in [-0.1, -0.05) is 6.07 Å². The highest BCUT2D eigenvalue weighted by molar-refractivity contribution is 5.88. The van der Waals surface area contributed by atoms with Gasteiger partial charge in [0, 0.05) is 13.0 Å². The molecule has 1 aromatic rings. The number of hydrogen-bond donors (Lipinski definition) is 1. The molecule has 2 rings (SSSR count). The number of carbonyl (C=O) groups is 2. The first-order valence-corrected chi connectivity index (χ1v) is 6.41. The fourth-order valence-corrected chi connectivity index (χ4v) is 2.09. The zero-order valence-corrected chi connectivity index (χ0v) is 10.7. The summed E-state index contributed by atoms with van der Waals surface area (Å²) < 4.78 is 5.49. The van der Waals surface area contributed by atoms with Crippen LogP contribution < -0.4 is 4.74 Å². The molecular weight excluding hydrogens is 246 g/mol. The van der Waals surface area contributed by atoms with Crippen LogP contribution in [0.1, 0.15) is 29.6 Å². The Kier molecular flexibility index (Phi) is 4.39. The van der Waals surface area contributed by atoms with Gasteiger partial charge in [0.15, 0.2) is 0 Å². The molecule has 0 radical (unpaired) electrons. The van der Waals surface area contributed by atoms with E-state index < -0.39 is 5.97 Å². The number of carboxylic acids is 1. The van der Waals surface area contributed by atoms with Crippen LogP contribution >= 0.6 is 0 Å². The van der Waals surface area contributed by atoms with Gasteiger partial charge in [-0.3, -0.25) is 4.79 Å². The monoisotopic (exact) mass is 263 g/mol. The first-order chi connectivity index (χ1) is 9.16. The second-order valence-corrected chi connectivity index (χ2v) is 4.52. The first kappa shape index (κ1) is 13.4. The molecule has 0 bridgehead atoms. The molecule has 1 aliphatic heterocycles. The van der Waals surface area contributed by atoms with Crippen molar-refractivity contribution in [1.29, 1.82) is 0 Å². The second-order valence-electron chi connectivity index (χ2n) is 4.52. The lowest BCUT2D eigenvalue weighted by Gasteiger charge is -2.26. The highest BCUT2D eigenvalue weighted by atomic mass is 16.5. The Hall–Kier alpha value is -2.04. The summed E-state index contributed by atoms with van der Waals surface area (Å²) in [6.07, 6.45) is 2.63. The molecule has 0 aliphatic carbocycles. The maximum atomic E-state index is 11.6. The molecule has 0 unspecified atom stereocenters. The lowest BCUT2D eigenvalue weighted by Crippen LogP contribution is -2.38. The summed E-state index contributed by atoms with van der Waals surface area (Å²) in [5, 5.41) is 8.86. The average molecular weight is 263 g/mol. The van der Waals surface area contributed by atoms with E-state index in [1.807, 2.05) is 0 Å². The number of ether oxygens (including phenoxy) is 1. The third kappa shape index (κ3) is 3.71. The van der Waals surface area contributed by atoms with E-state index in [1.54, 1.807) is 17.0 Å². The van der Waals surface area contributed by atoms with Crippen LogP contribution in [-0.4, -0.2) is 41.6 Å². The van der Waals surface area contributed by atoms with E-state index in [1.165, 1.54) is 12.1 Å². The minimum absolute atomic E-state index is 0.175. The van der Waals surface area contributed by atoms with Crippen molar-refractivity contribution in [2.75, 3.05) is 19.7 Å². The number of nitrogens with zero attached hydrogens (tertiary/aromatic N) is 1. The van der Waals surface area contributed by atoms with Crippen molar-refractivity contribution in [2.45, 2.75) is 19.3 Å². The van der Waals surface area contributed by atoms with Gasteiger partial charge in [0.2, 0.25) is 5.91 Å². The molecule has 5 heteroatoms. The zero-order valence-electron chi connectivity index (χ0n) is 10.7. The Bertz CT molecular complexity index is 472. The zero-order chi connectivity index (χ0) is 13.7. The number of rotatable bonds is 5. The predicted molar refractivity (Wildman–Crippen MR) is 69.3 cm³/mol. The van der Waals surface area contributed by atoms with Crippen LogP contribution in [-0.2, 0) is 4.79 Å². The van der Waals surface area contributed by atoms with Crippen LogP contribution in [0, 0.1) is 0 Å². The van der Waals surface area contributed by atoms with Gasteiger partial charge >= 0.3 is 5.97 Å². The number of carbonyl (C=O) groups excluding carboxylic acids is 1. The van der Waals surface area contributed by atoms with E-state index in [0.29, 0.717) is 25.3 Å². The van der Waals surface area contributed by atoms with Crippen molar-refractivity contribution in [3.8, 4) is 5.75 Å². The first-order valence-electron chi connectivity index (χ1n) is 6.41. The molecule has 1 aliphatic rings. The van der Waals surface area contributed by atoms with Crippen LogP contribution in [0.15, 0.2) is 24.3 Å². The van der Waals surface area contributed by atoms with Crippen molar-refractivity contribution < 1.29 is 19.4 Å². The van der Waals surface area contributed by atoms with Gasteiger partial charge in [0.1, 0.15) is 12.4 Å². The molecule has 0 saturated carbocycles. The van der Waals surface area contributed by atoms with Crippen molar-refractivity contribution in [1.82, 2.24) is 4.90 Å². The third-order valence-corrected chi connectivity index (χ3v) is 3.13. The summed E-state index contributed by atoms with van der Waals surface area (Å²) in [7, 11) is 0. The molecule has 5 nitrogen and oxygen atoms in total. The Morgan fingerprint density at radius 2 is 2.21 bits per heavy atom. The predicted octanol–water partition coefficient (Wildman–Crippen LogP) is 1.78. The Morgan fingerprint density at radius 3 is 2.95 bits per heavy atom. The number of carboxylic acid groups (broad SMARTS) is 1. The quantitative estimate of drug-likeness (QED) is 0.879. The lowest BCUT2D eigenvalue weighted by molar-refractivity contribution is -0.133. The van der Waals surface area contributed by atoms with Crippen LogP contribution in [0.25, 0.3) is 0 Å². The molecule has 0 atom stereocenters. The summed E-state index contributed by atoms with van der Waals surface area (Å²) in [6, 6.07) is 6.36. The minimum atomic E-state index is -0.975. The molecule has 1 heterocycles. The Morgan fingerprint density at radius 1 is 1.37 bits per heavy atom. The number of likely N-dealkylation sites (tertiary alicyclic amines) is 1. The fraction of sp³-hybridized carbons (Fsp3) is 0.429. The number of hydrogen-bond acceptors (Lipinski definition) is 3. The van der Waals surface area contributed by atoms with Crippen LogP contribution in [0.4, 0.5) is 0 Å². The minimum Gasteiger partial charge on any atom is -0.492 e. The normalized spacial score (nSPS) is 15.4. The Labute approximate surface area is 111 Å². The van der Waals surface area contributed by atoms with Gasteiger partial charge in [-0.25, -0.2) is 4.79 Å². The highest BCUT2D eigenvalue weighted by Gasteiger charge is 2.17. The van der Waals surface area contributed by atoms with E-state index in [0.717, 1.165) is 19.4 Å². The molecule has 1 saturated heterocycles. The maximum Gasteiger partial charge on any atom is 0.335 e. The van der Waals surface area contributed by atoms with E-state index in [2.05, 4.69) is 0 Å². The SMILES string of the molecule is O=C(O)c1cccc(OCCN2CCCCC2=O)c1. The van der Waals surface area contributed by atoms with E-state index in [4.69, 9.17) is 9.84 Å². The van der Waals surface area contributed by atoms with Crippen molar-refractivity contribution in [3.05, 3.63) is 29.8 Å². The number of aromatic carboxylic acids is 1. The molecule has 0 aromatic heterocycles. The summed E-state index contributed by atoms with van der Waals surface area (Å²) in [5.74, 6) is -0.282. The maximum absolute atomic E-state index is 11.6. The molecule has 102 valence electrons. The fourth-order valence-electron chi connectivity index (χ4n) is 2.09. The van der Waals surface area contributed by atoms with E-state index in [9.17, 15) is 9.59 Å². The Balaban J connectivity index is 1.83. The summed E-state index contributed by atoms with van der Waals surface area (Å²) in [5.41, 5.74) is 0.201. The largest absolute Gasteiger partial charge is 0.492 e. The topological polar surface area (TPSA) is 66.8 Å². The molecular formula is C14H17NO4. The molecule has 1 fully saturated rings. The van der Waals surface area contributed by atoms with Crippen molar-refractivity contribution in [2.24, 2.45) is 0 Å². The highest BCUT2D eigenvalue weighted by Crippen LogP contribution is 2.14. The van der Waals surface area contributed by atoms with Gasteiger partial charge in [-0.05, 0) is 31.0 Å². The molecule has 0 spiro atoms. The summed E-state index contributed by atoms with van der Waals surface area (Å²) >= 11 is 0. The van der Waals surface area contributed by atoms with E-state index >= 15 is 0 Å². The van der Waals surface area contributed by atoms with Crippen LogP contribution in [0.5, 0.6) is 5.75 Å². The average Bonchev–Trinajstić information content (AvgIpc) is 2.41. The van der Waals surface area contributed by atoms with Gasteiger partial charge in [0.25, 0.3) is 0 Å².